The molecular formula is C8H7Cl4F3N2. The molecule has 2 nitrogen and oxygen atoms in total. The first-order valence-electron chi connectivity index (χ1n) is 4.04. The van der Waals surface area contributed by atoms with E-state index in [1.165, 1.54) is 0 Å². The van der Waals surface area contributed by atoms with Gasteiger partial charge in [-0.25, -0.2) is 4.98 Å². The van der Waals surface area contributed by atoms with E-state index in [4.69, 9.17) is 40.5 Å². The molecule has 0 radical (unpaired) electrons. The molecule has 98 valence electrons. The molecule has 0 aliphatic rings. The molecule has 17 heavy (non-hydrogen) atoms. The third kappa shape index (κ3) is 4.67. The van der Waals surface area contributed by atoms with Crippen molar-refractivity contribution in [2.75, 3.05) is 0 Å². The molecule has 0 saturated carbocycles. The van der Waals surface area contributed by atoms with Crippen molar-refractivity contribution in [1.82, 2.24) is 4.98 Å². The van der Waals surface area contributed by atoms with Crippen LogP contribution >= 0.6 is 47.2 Å². The van der Waals surface area contributed by atoms with Gasteiger partial charge in [-0.15, -0.1) is 12.4 Å². The minimum Gasteiger partial charge on any atom is -0.324 e. The molecule has 0 saturated heterocycles. The van der Waals surface area contributed by atoms with Crippen molar-refractivity contribution in [1.29, 1.82) is 0 Å². The standard InChI is InChI=1S/C8H6Cl3F3N2.ClH/c9-3-2-16-7(11)6(10)5(3)4(15)1-8(12,13)14;/h2,4H,1,15H2;1H/t4-;/m0./s1. The van der Waals surface area contributed by atoms with Gasteiger partial charge in [-0.05, 0) is 0 Å². The molecule has 0 spiro atoms. The average molecular weight is 330 g/mol. The molecule has 1 heterocycles. The Labute approximate surface area is 117 Å². The lowest BCUT2D eigenvalue weighted by molar-refractivity contribution is -0.138. The number of aromatic nitrogens is 1. The summed E-state index contributed by atoms with van der Waals surface area (Å²) in [5.41, 5.74) is 5.34. The summed E-state index contributed by atoms with van der Waals surface area (Å²) in [6.45, 7) is 0. The summed E-state index contributed by atoms with van der Waals surface area (Å²) < 4.78 is 36.4. The molecular weight excluding hydrogens is 323 g/mol. The first-order chi connectivity index (χ1) is 7.22. The van der Waals surface area contributed by atoms with Crippen molar-refractivity contribution < 1.29 is 13.2 Å². The number of rotatable bonds is 2. The van der Waals surface area contributed by atoms with Gasteiger partial charge in [0.2, 0.25) is 0 Å². The Bertz CT molecular complexity index is 397. The van der Waals surface area contributed by atoms with Crippen LogP contribution in [0.25, 0.3) is 0 Å². The molecule has 1 aromatic heterocycles. The van der Waals surface area contributed by atoms with Crippen LogP contribution < -0.4 is 5.73 Å². The molecule has 0 amide bonds. The van der Waals surface area contributed by atoms with Gasteiger partial charge in [0.25, 0.3) is 0 Å². The lowest BCUT2D eigenvalue weighted by atomic mass is 10.1. The van der Waals surface area contributed by atoms with Crippen LogP contribution in [0.3, 0.4) is 0 Å². The summed E-state index contributed by atoms with van der Waals surface area (Å²) in [7, 11) is 0. The highest BCUT2D eigenvalue weighted by atomic mass is 35.5. The Morgan fingerprint density at radius 3 is 2.29 bits per heavy atom. The molecule has 0 fully saturated rings. The van der Waals surface area contributed by atoms with E-state index in [-0.39, 0.29) is 33.2 Å². The Morgan fingerprint density at radius 1 is 1.29 bits per heavy atom. The van der Waals surface area contributed by atoms with Gasteiger partial charge in [0.15, 0.2) is 0 Å². The van der Waals surface area contributed by atoms with E-state index >= 15 is 0 Å². The zero-order valence-electron chi connectivity index (χ0n) is 8.06. The first kappa shape index (κ1) is 17.1. The number of alkyl halides is 3. The van der Waals surface area contributed by atoms with E-state index in [9.17, 15) is 13.2 Å². The molecule has 1 atom stereocenters. The van der Waals surface area contributed by atoms with Gasteiger partial charge in [0.05, 0.1) is 16.5 Å². The van der Waals surface area contributed by atoms with Crippen LogP contribution in [-0.4, -0.2) is 11.2 Å². The first-order valence-corrected chi connectivity index (χ1v) is 5.17. The molecule has 0 unspecified atom stereocenters. The highest BCUT2D eigenvalue weighted by Crippen LogP contribution is 2.37. The van der Waals surface area contributed by atoms with Crippen LogP contribution in [0.1, 0.15) is 18.0 Å². The SMILES string of the molecule is Cl.N[C@@H](CC(F)(F)F)c1c(Cl)cnc(Cl)c1Cl. The normalized spacial score (nSPS) is 13.1. The lowest BCUT2D eigenvalue weighted by Crippen LogP contribution is -2.21. The zero-order valence-corrected chi connectivity index (χ0v) is 11.1. The van der Waals surface area contributed by atoms with E-state index in [0.29, 0.717) is 0 Å². The van der Waals surface area contributed by atoms with Crippen molar-refractivity contribution in [3.8, 4) is 0 Å². The summed E-state index contributed by atoms with van der Waals surface area (Å²) in [6.07, 6.45) is -4.52. The molecule has 1 rings (SSSR count). The Kier molecular flexibility index (Phi) is 6.31. The van der Waals surface area contributed by atoms with E-state index in [0.717, 1.165) is 6.20 Å². The second-order valence-electron chi connectivity index (χ2n) is 3.05. The topological polar surface area (TPSA) is 38.9 Å². The second-order valence-corrected chi connectivity index (χ2v) is 4.19. The molecule has 0 aromatic carbocycles. The zero-order chi connectivity index (χ0) is 12.5. The summed E-state index contributed by atoms with van der Waals surface area (Å²) >= 11 is 16.9. The van der Waals surface area contributed by atoms with E-state index in [1.807, 2.05) is 0 Å². The van der Waals surface area contributed by atoms with Crippen molar-refractivity contribution >= 4 is 47.2 Å². The smallest absolute Gasteiger partial charge is 0.324 e. The van der Waals surface area contributed by atoms with Crippen LogP contribution in [0.4, 0.5) is 13.2 Å². The fourth-order valence-electron chi connectivity index (χ4n) is 1.15. The van der Waals surface area contributed by atoms with Gasteiger partial charge in [-0.1, -0.05) is 34.8 Å². The lowest BCUT2D eigenvalue weighted by Gasteiger charge is -2.17. The summed E-state index contributed by atoms with van der Waals surface area (Å²) in [5, 5.41) is -0.309. The summed E-state index contributed by atoms with van der Waals surface area (Å²) in [5.74, 6) is 0. The van der Waals surface area contributed by atoms with Crippen molar-refractivity contribution in [3.63, 3.8) is 0 Å². The summed E-state index contributed by atoms with van der Waals surface area (Å²) in [6, 6.07) is -1.36. The van der Waals surface area contributed by atoms with E-state index in [1.54, 1.807) is 0 Å². The Balaban J connectivity index is 0.00000256. The van der Waals surface area contributed by atoms with Gasteiger partial charge in [0, 0.05) is 17.8 Å². The maximum Gasteiger partial charge on any atom is 0.390 e. The highest BCUT2D eigenvalue weighted by Gasteiger charge is 2.33. The third-order valence-electron chi connectivity index (χ3n) is 1.79. The van der Waals surface area contributed by atoms with E-state index < -0.39 is 18.6 Å². The van der Waals surface area contributed by atoms with Gasteiger partial charge in [-0.3, -0.25) is 0 Å². The molecule has 9 heteroatoms. The van der Waals surface area contributed by atoms with Crippen molar-refractivity contribution in [2.24, 2.45) is 5.73 Å². The van der Waals surface area contributed by atoms with Crippen LogP contribution in [0.2, 0.25) is 15.2 Å². The van der Waals surface area contributed by atoms with Crippen molar-refractivity contribution in [3.05, 3.63) is 27.0 Å². The fourth-order valence-corrected chi connectivity index (χ4v) is 1.92. The number of halogens is 7. The quantitative estimate of drug-likeness (QED) is 0.816. The third-order valence-corrected chi connectivity index (χ3v) is 2.86. The minimum absolute atomic E-state index is 0. The van der Waals surface area contributed by atoms with Gasteiger partial charge in [-0.2, -0.15) is 13.2 Å². The minimum atomic E-state index is -4.40. The fraction of sp³-hybridized carbons (Fsp3) is 0.375. The second kappa shape index (κ2) is 6.29. The van der Waals surface area contributed by atoms with Crippen molar-refractivity contribution in [2.45, 2.75) is 18.6 Å². The largest absolute Gasteiger partial charge is 0.390 e. The van der Waals surface area contributed by atoms with Gasteiger partial charge >= 0.3 is 6.18 Å². The Morgan fingerprint density at radius 2 is 1.82 bits per heavy atom. The van der Waals surface area contributed by atoms with E-state index in [2.05, 4.69) is 4.98 Å². The molecule has 0 bridgehead atoms. The highest BCUT2D eigenvalue weighted by molar-refractivity contribution is 6.43. The maximum absolute atomic E-state index is 12.1. The number of nitrogens with zero attached hydrogens (tertiary/aromatic N) is 1. The number of hydrogen-bond acceptors (Lipinski definition) is 2. The maximum atomic E-state index is 12.1. The number of nitrogens with two attached hydrogens (primary N) is 1. The van der Waals surface area contributed by atoms with Crippen LogP contribution in [0, 0.1) is 0 Å². The number of hydrogen-bond donors (Lipinski definition) is 1. The average Bonchev–Trinajstić information content (AvgIpc) is 2.09. The molecule has 2 N–H and O–H groups in total. The van der Waals surface area contributed by atoms with Crippen LogP contribution in [0.15, 0.2) is 6.20 Å². The molecule has 1 aromatic rings. The van der Waals surface area contributed by atoms with Gasteiger partial charge < -0.3 is 5.73 Å². The van der Waals surface area contributed by atoms with Crippen LogP contribution in [0.5, 0.6) is 0 Å². The summed E-state index contributed by atoms with van der Waals surface area (Å²) in [4.78, 5) is 3.58. The number of pyridine rings is 1. The monoisotopic (exact) mass is 328 g/mol. The predicted molar refractivity (Wildman–Crippen MR) is 64.1 cm³/mol. The van der Waals surface area contributed by atoms with Gasteiger partial charge in [0.1, 0.15) is 5.15 Å². The Hall–Kier alpha value is 0.0600. The molecule has 0 aliphatic heterocycles. The van der Waals surface area contributed by atoms with Crippen LogP contribution in [-0.2, 0) is 0 Å². The molecule has 0 aliphatic carbocycles. The predicted octanol–water partition coefficient (Wildman–Crippen LogP) is 4.42.